The molecule has 0 fully saturated rings. The van der Waals surface area contributed by atoms with Crippen molar-refractivity contribution < 1.29 is 18.0 Å². The summed E-state index contributed by atoms with van der Waals surface area (Å²) >= 11 is 5.88. The first-order chi connectivity index (χ1) is 14.3. The minimum absolute atomic E-state index is 0.0904. The topological polar surface area (TPSA) is 71.8 Å². The molecule has 1 amide bonds. The number of benzene rings is 1. The summed E-state index contributed by atoms with van der Waals surface area (Å²) in [5.41, 5.74) is 1.35. The van der Waals surface area contributed by atoms with Crippen LogP contribution < -0.4 is 10.6 Å². The number of rotatable bonds is 4. The summed E-state index contributed by atoms with van der Waals surface area (Å²) in [7, 11) is 0. The van der Waals surface area contributed by atoms with Crippen molar-refractivity contribution in [2.75, 3.05) is 5.32 Å². The number of hydrogen-bond donors (Lipinski definition) is 2. The van der Waals surface area contributed by atoms with E-state index in [4.69, 9.17) is 11.6 Å². The van der Waals surface area contributed by atoms with Crippen LogP contribution in [-0.4, -0.2) is 26.8 Å². The average molecular weight is 436 g/mol. The summed E-state index contributed by atoms with van der Waals surface area (Å²) in [6.07, 6.45) is -1.57. The Hall–Kier alpha value is -3.07. The van der Waals surface area contributed by atoms with E-state index in [-0.39, 0.29) is 24.5 Å². The molecule has 2 atom stereocenters. The molecule has 30 heavy (non-hydrogen) atoms. The Morgan fingerprint density at radius 3 is 2.70 bits per heavy atom. The second-order valence-electron chi connectivity index (χ2n) is 6.94. The molecule has 0 bridgehead atoms. The Kier molecular flexibility index (Phi) is 5.38. The summed E-state index contributed by atoms with van der Waals surface area (Å²) in [5.74, 6) is -0.429. The number of nitrogens with zero attached hydrogens (tertiary/aromatic N) is 3. The van der Waals surface area contributed by atoms with Crippen molar-refractivity contribution >= 4 is 23.3 Å². The number of amides is 1. The maximum absolute atomic E-state index is 13.7. The molecule has 0 unspecified atom stereocenters. The molecule has 1 aromatic carbocycles. The van der Waals surface area contributed by atoms with Crippen molar-refractivity contribution in [1.29, 1.82) is 0 Å². The fourth-order valence-corrected chi connectivity index (χ4v) is 3.50. The molecule has 0 saturated heterocycles. The van der Waals surface area contributed by atoms with E-state index in [1.54, 1.807) is 48.8 Å². The molecular weight excluding hydrogens is 419 g/mol. The van der Waals surface area contributed by atoms with Crippen LogP contribution in [0.3, 0.4) is 0 Å². The van der Waals surface area contributed by atoms with Gasteiger partial charge in [0.05, 0.1) is 6.04 Å². The number of pyridine rings is 1. The van der Waals surface area contributed by atoms with Crippen LogP contribution in [0.25, 0.3) is 0 Å². The van der Waals surface area contributed by atoms with Crippen molar-refractivity contribution in [3.8, 4) is 0 Å². The third kappa shape index (κ3) is 4.25. The fourth-order valence-electron chi connectivity index (χ4n) is 3.37. The normalized spacial score (nSPS) is 18.4. The molecule has 4 rings (SSSR count). The van der Waals surface area contributed by atoms with E-state index >= 15 is 0 Å². The first kappa shape index (κ1) is 20.2. The third-order valence-corrected chi connectivity index (χ3v) is 5.12. The molecule has 2 N–H and O–H groups in total. The highest BCUT2D eigenvalue weighted by atomic mass is 35.5. The number of aromatic nitrogens is 3. The van der Waals surface area contributed by atoms with Gasteiger partial charge >= 0.3 is 6.18 Å². The minimum Gasteiger partial charge on any atom is -0.363 e. The number of nitrogens with one attached hydrogen (secondary N) is 2. The van der Waals surface area contributed by atoms with E-state index < -0.39 is 24.2 Å². The van der Waals surface area contributed by atoms with Crippen molar-refractivity contribution in [2.45, 2.75) is 31.2 Å². The maximum atomic E-state index is 13.7. The van der Waals surface area contributed by atoms with Crippen molar-refractivity contribution in [2.24, 2.45) is 0 Å². The van der Waals surface area contributed by atoms with E-state index in [1.165, 1.54) is 6.07 Å². The fraction of sp³-hybridized carbons (Fsp3) is 0.250. The molecular formula is C20H17ClF3N5O. The number of alkyl halides is 3. The highest BCUT2D eigenvalue weighted by Gasteiger charge is 2.46. The molecule has 6 nitrogen and oxygen atoms in total. The molecule has 1 aliphatic rings. The summed E-state index contributed by atoms with van der Waals surface area (Å²) in [6.45, 7) is 0.193. The molecule has 0 radical (unpaired) electrons. The van der Waals surface area contributed by atoms with Crippen LogP contribution in [0, 0.1) is 0 Å². The van der Waals surface area contributed by atoms with Gasteiger partial charge in [0.2, 0.25) is 0 Å². The van der Waals surface area contributed by atoms with E-state index in [0.717, 1.165) is 10.2 Å². The zero-order valence-electron chi connectivity index (χ0n) is 15.5. The SMILES string of the molecule is O=C(NCc1cccnc1)c1cc2n(n1)[C@@H](C(F)(F)F)C[C@@H](c1ccc(Cl)cc1)N2. The molecule has 0 spiro atoms. The van der Waals surface area contributed by atoms with Crippen LogP contribution in [0.4, 0.5) is 19.0 Å². The number of halogens is 4. The number of hydrogen-bond acceptors (Lipinski definition) is 4. The van der Waals surface area contributed by atoms with E-state index in [9.17, 15) is 18.0 Å². The molecule has 0 saturated carbocycles. The van der Waals surface area contributed by atoms with Crippen LogP contribution in [0.5, 0.6) is 0 Å². The molecule has 156 valence electrons. The second-order valence-corrected chi connectivity index (χ2v) is 7.38. The van der Waals surface area contributed by atoms with Crippen molar-refractivity contribution in [1.82, 2.24) is 20.1 Å². The monoisotopic (exact) mass is 435 g/mol. The lowest BCUT2D eigenvalue weighted by Crippen LogP contribution is -2.35. The Bertz CT molecular complexity index is 1040. The highest BCUT2D eigenvalue weighted by Crippen LogP contribution is 2.43. The van der Waals surface area contributed by atoms with Gasteiger partial charge < -0.3 is 10.6 Å². The number of anilines is 1. The van der Waals surface area contributed by atoms with Crippen molar-refractivity contribution in [3.63, 3.8) is 0 Å². The Morgan fingerprint density at radius 1 is 1.27 bits per heavy atom. The van der Waals surface area contributed by atoms with Crippen LogP contribution in [0.1, 0.15) is 40.1 Å². The Labute approximate surface area is 175 Å². The van der Waals surface area contributed by atoms with Gasteiger partial charge in [-0.25, -0.2) is 4.68 Å². The zero-order chi connectivity index (χ0) is 21.3. The van der Waals surface area contributed by atoms with Gasteiger partial charge in [-0.15, -0.1) is 0 Å². The van der Waals surface area contributed by atoms with Crippen LogP contribution >= 0.6 is 11.6 Å². The molecule has 2 aromatic heterocycles. The van der Waals surface area contributed by atoms with Gasteiger partial charge in [0.15, 0.2) is 11.7 Å². The highest BCUT2D eigenvalue weighted by molar-refractivity contribution is 6.30. The summed E-state index contributed by atoms with van der Waals surface area (Å²) < 4.78 is 42.0. The third-order valence-electron chi connectivity index (χ3n) is 4.87. The van der Waals surface area contributed by atoms with Gasteiger partial charge in [-0.1, -0.05) is 29.8 Å². The maximum Gasteiger partial charge on any atom is 0.410 e. The first-order valence-electron chi connectivity index (χ1n) is 9.16. The van der Waals surface area contributed by atoms with E-state index in [1.807, 2.05) is 0 Å². The van der Waals surface area contributed by atoms with E-state index in [0.29, 0.717) is 10.6 Å². The van der Waals surface area contributed by atoms with Gasteiger partial charge in [-0.3, -0.25) is 9.78 Å². The lowest BCUT2D eigenvalue weighted by molar-refractivity contribution is -0.173. The largest absolute Gasteiger partial charge is 0.410 e. The summed E-state index contributed by atoms with van der Waals surface area (Å²) in [5, 5.41) is 10.1. The lowest BCUT2D eigenvalue weighted by atomic mass is 9.97. The summed E-state index contributed by atoms with van der Waals surface area (Å²) in [6, 6.07) is 9.02. The van der Waals surface area contributed by atoms with Gasteiger partial charge in [0, 0.05) is 36.4 Å². The molecule has 0 aliphatic carbocycles. The predicted octanol–water partition coefficient (Wildman–Crippen LogP) is 4.52. The van der Waals surface area contributed by atoms with Gasteiger partial charge in [0.1, 0.15) is 5.82 Å². The number of fused-ring (bicyclic) bond motifs is 1. The number of carbonyl (C=O) groups is 1. The molecule has 10 heteroatoms. The predicted molar refractivity (Wildman–Crippen MR) is 105 cm³/mol. The standard InChI is InChI=1S/C20H17ClF3N5O/c21-14-5-3-13(4-6-14)15-8-17(20(22,23)24)29-18(27-15)9-16(28-29)19(30)26-11-12-2-1-7-25-10-12/h1-7,9-10,15,17,27H,8,11H2,(H,26,30)/t15-,17+/m0/s1. The van der Waals surface area contributed by atoms with Crippen molar-refractivity contribution in [3.05, 3.63) is 76.7 Å². The number of carbonyl (C=O) groups excluding carboxylic acids is 1. The minimum atomic E-state index is -4.52. The molecule has 3 aromatic rings. The second kappa shape index (κ2) is 7.98. The Balaban J connectivity index is 1.58. The van der Waals surface area contributed by atoms with Crippen LogP contribution in [-0.2, 0) is 6.54 Å². The van der Waals surface area contributed by atoms with Crippen LogP contribution in [0.15, 0.2) is 54.9 Å². The first-order valence-corrected chi connectivity index (χ1v) is 9.54. The zero-order valence-corrected chi connectivity index (χ0v) is 16.3. The quantitative estimate of drug-likeness (QED) is 0.632. The van der Waals surface area contributed by atoms with Crippen LogP contribution in [0.2, 0.25) is 5.02 Å². The molecule has 3 heterocycles. The average Bonchev–Trinajstić information content (AvgIpc) is 3.16. The van der Waals surface area contributed by atoms with E-state index in [2.05, 4.69) is 20.7 Å². The lowest BCUT2D eigenvalue weighted by Gasteiger charge is -2.33. The van der Waals surface area contributed by atoms with Gasteiger partial charge in [-0.05, 0) is 29.3 Å². The van der Waals surface area contributed by atoms with Gasteiger partial charge in [-0.2, -0.15) is 18.3 Å². The van der Waals surface area contributed by atoms with Gasteiger partial charge in [0.25, 0.3) is 5.91 Å². The summed E-state index contributed by atoms with van der Waals surface area (Å²) in [4.78, 5) is 16.4. The smallest absolute Gasteiger partial charge is 0.363 e. The Morgan fingerprint density at radius 2 is 2.03 bits per heavy atom. The molecule has 1 aliphatic heterocycles.